The molecule has 4 rings (SSSR count). The zero-order valence-electron chi connectivity index (χ0n) is 17.2. The summed E-state index contributed by atoms with van der Waals surface area (Å²) < 4.78 is 1.81. The Bertz CT molecular complexity index is 1190. The van der Waals surface area contributed by atoms with Crippen LogP contribution in [0.5, 0.6) is 0 Å². The van der Waals surface area contributed by atoms with E-state index in [9.17, 15) is 9.59 Å². The normalized spacial score (nSPS) is 11.5. The number of aromatic nitrogens is 1. The molecule has 1 N–H and O–H groups in total. The van der Waals surface area contributed by atoms with E-state index in [-0.39, 0.29) is 11.7 Å². The average molecular weight is 407 g/mol. The van der Waals surface area contributed by atoms with Crippen LogP contribution in [-0.4, -0.2) is 11.7 Å². The quantitative estimate of drug-likeness (QED) is 0.347. The number of hydrogen-bond acceptors (Lipinski definition) is 2. The number of carbonyl (C=O) groups is 2. The van der Waals surface area contributed by atoms with Crippen molar-refractivity contribution in [3.63, 3.8) is 0 Å². The van der Waals surface area contributed by atoms with Crippen molar-refractivity contribution in [2.75, 3.05) is 5.32 Å². The van der Waals surface area contributed by atoms with Crippen LogP contribution < -0.4 is 9.88 Å². The van der Waals surface area contributed by atoms with Gasteiger partial charge in [0.25, 0.3) is 5.91 Å². The zero-order chi connectivity index (χ0) is 21.6. The van der Waals surface area contributed by atoms with Crippen molar-refractivity contribution in [3.05, 3.63) is 121 Å². The lowest BCUT2D eigenvalue weighted by molar-refractivity contribution is -0.704. The SMILES string of the molecule is C[C@H](C(=O)c1ccc(-c2ccccc2)cc1)[n+]1cccc(NC(=O)c2ccccc2)c1. The summed E-state index contributed by atoms with van der Waals surface area (Å²) in [5.41, 5.74) is 4.06. The third-order valence-corrected chi connectivity index (χ3v) is 5.22. The van der Waals surface area contributed by atoms with Gasteiger partial charge in [-0.15, -0.1) is 0 Å². The monoisotopic (exact) mass is 407 g/mol. The molecule has 0 fully saturated rings. The van der Waals surface area contributed by atoms with Crippen molar-refractivity contribution in [1.82, 2.24) is 0 Å². The van der Waals surface area contributed by atoms with Gasteiger partial charge in [0, 0.05) is 24.1 Å². The Morgan fingerprint density at radius 1 is 0.710 bits per heavy atom. The minimum Gasteiger partial charge on any atom is -0.317 e. The van der Waals surface area contributed by atoms with Crippen molar-refractivity contribution < 1.29 is 14.2 Å². The topological polar surface area (TPSA) is 50.0 Å². The fourth-order valence-corrected chi connectivity index (χ4v) is 3.43. The molecule has 1 aromatic heterocycles. The molecule has 0 aliphatic heterocycles. The minimum atomic E-state index is -0.406. The van der Waals surface area contributed by atoms with Gasteiger partial charge in [0.15, 0.2) is 12.4 Å². The Kier molecular flexibility index (Phi) is 5.99. The van der Waals surface area contributed by atoms with Gasteiger partial charge in [-0.3, -0.25) is 9.59 Å². The molecule has 0 saturated heterocycles. The molecule has 0 bridgehead atoms. The van der Waals surface area contributed by atoms with Gasteiger partial charge in [-0.25, -0.2) is 0 Å². The number of rotatable bonds is 6. The first-order chi connectivity index (χ1) is 15.1. The van der Waals surface area contributed by atoms with Gasteiger partial charge in [-0.2, -0.15) is 4.57 Å². The van der Waals surface area contributed by atoms with Crippen LogP contribution in [0.3, 0.4) is 0 Å². The number of pyridine rings is 1. The summed E-state index contributed by atoms with van der Waals surface area (Å²) >= 11 is 0. The largest absolute Gasteiger partial charge is 0.317 e. The first-order valence-electron chi connectivity index (χ1n) is 10.2. The summed E-state index contributed by atoms with van der Waals surface area (Å²) in [5, 5.41) is 2.89. The number of carbonyl (C=O) groups excluding carboxylic acids is 2. The summed E-state index contributed by atoms with van der Waals surface area (Å²) in [4.78, 5) is 25.5. The maximum Gasteiger partial charge on any atom is 0.255 e. The van der Waals surface area contributed by atoms with Crippen molar-refractivity contribution in [3.8, 4) is 11.1 Å². The fourth-order valence-electron chi connectivity index (χ4n) is 3.43. The van der Waals surface area contributed by atoms with E-state index >= 15 is 0 Å². The number of nitrogens with zero attached hydrogens (tertiary/aromatic N) is 1. The zero-order valence-corrected chi connectivity index (χ0v) is 17.2. The van der Waals surface area contributed by atoms with Crippen LogP contribution in [0.4, 0.5) is 5.69 Å². The molecule has 0 aliphatic rings. The summed E-state index contributed by atoms with van der Waals surface area (Å²) in [6.07, 6.45) is 3.61. The highest BCUT2D eigenvalue weighted by Gasteiger charge is 2.24. The second-order valence-electron chi connectivity index (χ2n) is 7.34. The van der Waals surface area contributed by atoms with Gasteiger partial charge in [0.1, 0.15) is 5.69 Å². The van der Waals surface area contributed by atoms with Crippen molar-refractivity contribution in [2.45, 2.75) is 13.0 Å². The molecule has 0 unspecified atom stereocenters. The summed E-state index contributed by atoms with van der Waals surface area (Å²) in [6.45, 7) is 1.86. The van der Waals surface area contributed by atoms with E-state index in [1.54, 1.807) is 18.3 Å². The molecule has 152 valence electrons. The summed E-state index contributed by atoms with van der Waals surface area (Å²) in [5.74, 6) is -0.176. The number of Topliss-reactive ketones (excluding diaryl/α,β-unsaturated/α-hetero) is 1. The first-order valence-corrected chi connectivity index (χ1v) is 10.2. The molecule has 0 spiro atoms. The molecule has 31 heavy (non-hydrogen) atoms. The maximum atomic E-state index is 13.0. The van der Waals surface area contributed by atoms with E-state index in [2.05, 4.69) is 5.32 Å². The number of hydrogen-bond donors (Lipinski definition) is 1. The Morgan fingerprint density at radius 3 is 2.00 bits per heavy atom. The lowest BCUT2D eigenvalue weighted by Gasteiger charge is -2.09. The number of benzene rings is 3. The van der Waals surface area contributed by atoms with Gasteiger partial charge >= 0.3 is 0 Å². The highest BCUT2D eigenvalue weighted by Crippen LogP contribution is 2.20. The Hall–Kier alpha value is -4.05. The smallest absolute Gasteiger partial charge is 0.255 e. The highest BCUT2D eigenvalue weighted by atomic mass is 16.1. The van der Waals surface area contributed by atoms with E-state index in [1.165, 1.54) is 0 Å². The van der Waals surface area contributed by atoms with Crippen LogP contribution in [0.25, 0.3) is 11.1 Å². The molecular formula is C27H23N2O2+. The summed E-state index contributed by atoms with van der Waals surface area (Å²) in [7, 11) is 0. The van der Waals surface area contributed by atoms with Gasteiger partial charge in [-0.1, -0.05) is 72.8 Å². The molecule has 4 heteroatoms. The molecule has 0 aliphatic carbocycles. The predicted octanol–water partition coefficient (Wildman–Crippen LogP) is 5.34. The number of anilines is 1. The van der Waals surface area contributed by atoms with Crippen LogP contribution in [0.1, 0.15) is 33.7 Å². The maximum absolute atomic E-state index is 13.0. The van der Waals surface area contributed by atoms with E-state index in [1.807, 2.05) is 103 Å². The number of ketones is 1. The van der Waals surface area contributed by atoms with Gasteiger partial charge in [0.05, 0.1) is 0 Å². The molecule has 4 nitrogen and oxygen atoms in total. The fraction of sp³-hybridized carbons (Fsp3) is 0.0741. The molecule has 3 aromatic carbocycles. The molecule has 1 amide bonds. The average Bonchev–Trinajstić information content (AvgIpc) is 2.84. The van der Waals surface area contributed by atoms with Crippen molar-refractivity contribution in [2.24, 2.45) is 0 Å². The Balaban J connectivity index is 1.49. The van der Waals surface area contributed by atoms with Crippen LogP contribution in [0.15, 0.2) is 109 Å². The second kappa shape index (κ2) is 9.18. The highest BCUT2D eigenvalue weighted by molar-refractivity contribution is 6.04. The van der Waals surface area contributed by atoms with Crippen LogP contribution in [0.2, 0.25) is 0 Å². The van der Waals surface area contributed by atoms with Crippen LogP contribution >= 0.6 is 0 Å². The molecule has 4 aromatic rings. The van der Waals surface area contributed by atoms with Gasteiger partial charge in [0.2, 0.25) is 11.8 Å². The van der Waals surface area contributed by atoms with E-state index in [4.69, 9.17) is 0 Å². The van der Waals surface area contributed by atoms with E-state index < -0.39 is 6.04 Å². The molecule has 0 radical (unpaired) electrons. The number of nitrogens with one attached hydrogen (secondary N) is 1. The van der Waals surface area contributed by atoms with Crippen LogP contribution in [-0.2, 0) is 0 Å². The van der Waals surface area contributed by atoms with E-state index in [0.717, 1.165) is 11.1 Å². The Morgan fingerprint density at radius 2 is 1.32 bits per heavy atom. The third-order valence-electron chi connectivity index (χ3n) is 5.22. The molecule has 1 heterocycles. The van der Waals surface area contributed by atoms with E-state index in [0.29, 0.717) is 16.8 Å². The predicted molar refractivity (Wildman–Crippen MR) is 122 cm³/mol. The molecule has 1 atom stereocenters. The van der Waals surface area contributed by atoms with Crippen LogP contribution in [0, 0.1) is 0 Å². The number of amides is 1. The molecule has 0 saturated carbocycles. The Labute approximate surface area is 181 Å². The minimum absolute atomic E-state index is 0.0103. The van der Waals surface area contributed by atoms with Crippen molar-refractivity contribution >= 4 is 17.4 Å². The lowest BCUT2D eigenvalue weighted by Crippen LogP contribution is -2.42. The molecular weight excluding hydrogens is 384 g/mol. The first kappa shape index (κ1) is 20.2. The standard InChI is InChI=1S/C27H22N2O2/c1-20(26(30)23-16-14-22(15-17-23)21-9-4-2-5-10-21)29-18-8-13-25(19-29)28-27(31)24-11-6-3-7-12-24/h2-20H,1H3/p+1/t20-/m1/s1. The summed E-state index contributed by atoms with van der Waals surface area (Å²) in [6, 6.07) is 30.0. The second-order valence-corrected chi connectivity index (χ2v) is 7.34. The van der Waals surface area contributed by atoms with Crippen molar-refractivity contribution in [1.29, 1.82) is 0 Å². The third kappa shape index (κ3) is 4.75. The van der Waals surface area contributed by atoms with Gasteiger partial charge < -0.3 is 5.32 Å². The van der Waals surface area contributed by atoms with Gasteiger partial charge in [-0.05, 0) is 29.3 Å². The lowest BCUT2D eigenvalue weighted by atomic mass is 10.00.